The van der Waals surface area contributed by atoms with E-state index in [9.17, 15) is 5.26 Å². The molecule has 0 spiro atoms. The third-order valence-corrected chi connectivity index (χ3v) is 4.44. The van der Waals surface area contributed by atoms with Crippen LogP contribution in [-0.4, -0.2) is 47.9 Å². The largest absolute Gasteiger partial charge is 0.495 e. The van der Waals surface area contributed by atoms with Crippen molar-refractivity contribution in [3.05, 3.63) is 42.4 Å². The maximum atomic E-state index is 9.37. The lowest BCUT2D eigenvalue weighted by molar-refractivity contribution is 0.412. The van der Waals surface area contributed by atoms with Gasteiger partial charge in [-0.25, -0.2) is 9.50 Å². The molecule has 0 bridgehead atoms. The molecule has 3 aromatic rings. The lowest BCUT2D eigenvalue weighted by Gasteiger charge is -2.28. The molecule has 0 radical (unpaired) electrons. The zero-order valence-corrected chi connectivity index (χ0v) is 13.9. The van der Waals surface area contributed by atoms with Crippen molar-refractivity contribution in [3.63, 3.8) is 0 Å². The Balaban J connectivity index is 1.78. The van der Waals surface area contributed by atoms with Gasteiger partial charge < -0.3 is 15.0 Å². The van der Waals surface area contributed by atoms with Crippen molar-refractivity contribution in [2.75, 3.05) is 38.2 Å². The summed E-state index contributed by atoms with van der Waals surface area (Å²) in [7, 11) is 1.62. The lowest BCUT2D eigenvalue weighted by atomic mass is 10.1. The maximum Gasteiger partial charge on any atom is 0.137 e. The first-order chi connectivity index (χ1) is 12.3. The number of nitrogens with one attached hydrogen (secondary N) is 1. The molecule has 25 heavy (non-hydrogen) atoms. The summed E-state index contributed by atoms with van der Waals surface area (Å²) in [5.41, 5.74) is 3.11. The van der Waals surface area contributed by atoms with Crippen molar-refractivity contribution in [1.29, 1.82) is 5.26 Å². The summed E-state index contributed by atoms with van der Waals surface area (Å²) in [6, 6.07) is 8.18. The van der Waals surface area contributed by atoms with Crippen molar-refractivity contribution in [3.8, 4) is 22.9 Å². The van der Waals surface area contributed by atoms with E-state index in [1.807, 2.05) is 24.4 Å². The Morgan fingerprint density at radius 1 is 1.24 bits per heavy atom. The van der Waals surface area contributed by atoms with Crippen LogP contribution in [0.4, 0.5) is 5.82 Å². The second-order valence-corrected chi connectivity index (χ2v) is 5.90. The van der Waals surface area contributed by atoms with Crippen LogP contribution in [0.2, 0.25) is 0 Å². The van der Waals surface area contributed by atoms with E-state index in [0.29, 0.717) is 11.3 Å². The number of ether oxygens (including phenoxy) is 1. The van der Waals surface area contributed by atoms with E-state index >= 15 is 0 Å². The fraction of sp³-hybridized carbons (Fsp3) is 0.278. The summed E-state index contributed by atoms with van der Waals surface area (Å²) in [4.78, 5) is 6.89. The first kappa shape index (κ1) is 15.4. The van der Waals surface area contributed by atoms with Crippen LogP contribution in [0.3, 0.4) is 0 Å². The number of piperazine rings is 1. The Bertz CT molecular complexity index is 935. The van der Waals surface area contributed by atoms with Gasteiger partial charge in [0.25, 0.3) is 0 Å². The number of pyridine rings is 2. The Hall–Kier alpha value is -3.11. The first-order valence-corrected chi connectivity index (χ1v) is 8.18. The molecule has 0 amide bonds. The topological polar surface area (TPSA) is 78.5 Å². The Morgan fingerprint density at radius 3 is 2.76 bits per heavy atom. The van der Waals surface area contributed by atoms with E-state index in [0.717, 1.165) is 48.6 Å². The monoisotopic (exact) mass is 334 g/mol. The van der Waals surface area contributed by atoms with E-state index in [2.05, 4.69) is 26.4 Å². The molecule has 0 aliphatic carbocycles. The van der Waals surface area contributed by atoms with Gasteiger partial charge in [-0.2, -0.15) is 10.4 Å². The molecule has 0 unspecified atom stereocenters. The van der Waals surface area contributed by atoms with E-state index < -0.39 is 0 Å². The molecular formula is C18H18N6O. The lowest BCUT2D eigenvalue weighted by Crippen LogP contribution is -2.43. The van der Waals surface area contributed by atoms with Crippen LogP contribution in [0.1, 0.15) is 5.56 Å². The highest BCUT2D eigenvalue weighted by molar-refractivity contribution is 5.85. The molecule has 1 N–H and O–H groups in total. The van der Waals surface area contributed by atoms with Gasteiger partial charge in [-0.05, 0) is 18.2 Å². The normalized spacial score (nSPS) is 14.5. The number of hydrogen-bond acceptors (Lipinski definition) is 6. The predicted molar refractivity (Wildman–Crippen MR) is 94.8 cm³/mol. The second kappa shape index (κ2) is 6.42. The molecule has 7 nitrogen and oxygen atoms in total. The van der Waals surface area contributed by atoms with Crippen molar-refractivity contribution >= 4 is 11.3 Å². The smallest absolute Gasteiger partial charge is 0.137 e. The van der Waals surface area contributed by atoms with Crippen molar-refractivity contribution < 1.29 is 4.74 Å². The van der Waals surface area contributed by atoms with Gasteiger partial charge in [0.2, 0.25) is 0 Å². The minimum absolute atomic E-state index is 0.531. The number of methoxy groups -OCH3 is 1. The zero-order valence-electron chi connectivity index (χ0n) is 13.9. The molecule has 7 heteroatoms. The van der Waals surface area contributed by atoms with Gasteiger partial charge in [0.1, 0.15) is 17.6 Å². The highest BCUT2D eigenvalue weighted by atomic mass is 16.5. The van der Waals surface area contributed by atoms with E-state index in [4.69, 9.17) is 4.74 Å². The standard InChI is InChI=1S/C18H18N6O/c1-25-15-8-16(18-14(9-19)11-22-24(18)12-15)13-2-3-17(21-10-13)23-6-4-20-5-7-23/h2-3,8,10-12,20H,4-7H2,1H3. The Kier molecular flexibility index (Phi) is 3.96. The third-order valence-electron chi connectivity index (χ3n) is 4.44. The minimum atomic E-state index is 0.531. The number of anilines is 1. The summed E-state index contributed by atoms with van der Waals surface area (Å²) in [5.74, 6) is 1.65. The molecule has 0 atom stereocenters. The number of nitriles is 1. The molecule has 126 valence electrons. The quantitative estimate of drug-likeness (QED) is 0.785. The molecule has 1 saturated heterocycles. The fourth-order valence-electron chi connectivity index (χ4n) is 3.14. The summed E-state index contributed by atoms with van der Waals surface area (Å²) in [6.45, 7) is 3.86. The first-order valence-electron chi connectivity index (χ1n) is 8.18. The SMILES string of the molecule is COc1cc(-c2ccc(N3CCNCC3)nc2)c2c(C#N)cnn2c1. The average molecular weight is 334 g/mol. The van der Waals surface area contributed by atoms with Gasteiger partial charge in [0.05, 0.1) is 30.6 Å². The molecule has 1 aliphatic heterocycles. The number of nitrogens with zero attached hydrogens (tertiary/aromatic N) is 5. The number of aromatic nitrogens is 3. The molecule has 1 aliphatic rings. The van der Waals surface area contributed by atoms with Crippen LogP contribution < -0.4 is 15.0 Å². The van der Waals surface area contributed by atoms with E-state index in [1.165, 1.54) is 0 Å². The number of rotatable bonds is 3. The van der Waals surface area contributed by atoms with Crippen molar-refractivity contribution in [2.45, 2.75) is 0 Å². The number of fused-ring (bicyclic) bond motifs is 1. The summed E-state index contributed by atoms with van der Waals surface area (Å²) < 4.78 is 7.04. The van der Waals surface area contributed by atoms with E-state index in [1.54, 1.807) is 24.0 Å². The molecule has 0 aromatic carbocycles. The molecule has 3 aromatic heterocycles. The maximum absolute atomic E-state index is 9.37. The molecule has 4 rings (SSSR count). The van der Waals surface area contributed by atoms with Gasteiger partial charge in [0, 0.05) is 43.5 Å². The summed E-state index contributed by atoms with van der Waals surface area (Å²) in [6.07, 6.45) is 5.18. The van der Waals surface area contributed by atoms with Gasteiger partial charge in [-0.1, -0.05) is 0 Å². The van der Waals surface area contributed by atoms with Gasteiger partial charge >= 0.3 is 0 Å². The molecule has 0 saturated carbocycles. The van der Waals surface area contributed by atoms with Crippen molar-refractivity contribution in [1.82, 2.24) is 19.9 Å². The van der Waals surface area contributed by atoms with Crippen LogP contribution in [0.15, 0.2) is 36.8 Å². The molecule has 4 heterocycles. The predicted octanol–water partition coefficient (Wildman–Crippen LogP) is 1.69. The van der Waals surface area contributed by atoms with Crippen LogP contribution in [0.5, 0.6) is 5.75 Å². The molecular weight excluding hydrogens is 316 g/mol. The van der Waals surface area contributed by atoms with Gasteiger partial charge in [-0.15, -0.1) is 0 Å². The molecule has 1 fully saturated rings. The van der Waals surface area contributed by atoms with Crippen LogP contribution >= 0.6 is 0 Å². The summed E-state index contributed by atoms with van der Waals surface area (Å²) >= 11 is 0. The Morgan fingerprint density at radius 2 is 2.08 bits per heavy atom. The Labute approximate surface area is 145 Å². The summed E-state index contributed by atoms with van der Waals surface area (Å²) in [5, 5.41) is 17.0. The van der Waals surface area contributed by atoms with Crippen molar-refractivity contribution in [2.24, 2.45) is 0 Å². The highest BCUT2D eigenvalue weighted by Crippen LogP contribution is 2.31. The fourth-order valence-corrected chi connectivity index (χ4v) is 3.14. The van der Waals surface area contributed by atoms with Gasteiger partial charge in [0.15, 0.2) is 0 Å². The van der Waals surface area contributed by atoms with Crippen LogP contribution in [0.25, 0.3) is 16.6 Å². The third kappa shape index (κ3) is 2.77. The highest BCUT2D eigenvalue weighted by Gasteiger charge is 2.15. The minimum Gasteiger partial charge on any atom is -0.495 e. The van der Waals surface area contributed by atoms with Crippen LogP contribution in [0, 0.1) is 11.3 Å². The number of hydrogen-bond donors (Lipinski definition) is 1. The van der Waals surface area contributed by atoms with Gasteiger partial charge in [-0.3, -0.25) is 0 Å². The second-order valence-electron chi connectivity index (χ2n) is 5.90. The van der Waals surface area contributed by atoms with E-state index in [-0.39, 0.29) is 0 Å². The average Bonchev–Trinajstić information content (AvgIpc) is 3.11. The zero-order chi connectivity index (χ0) is 17.2. The van der Waals surface area contributed by atoms with Crippen LogP contribution in [-0.2, 0) is 0 Å².